The van der Waals surface area contributed by atoms with Crippen LogP contribution in [0, 0.1) is 10.1 Å². The van der Waals surface area contributed by atoms with Gasteiger partial charge in [-0.25, -0.2) is 9.97 Å². The summed E-state index contributed by atoms with van der Waals surface area (Å²) in [5, 5.41) is 15.4. The Morgan fingerprint density at radius 3 is 2.70 bits per heavy atom. The number of hydrogen-bond donors (Lipinski definition) is 1. The van der Waals surface area contributed by atoms with Gasteiger partial charge >= 0.3 is 0 Å². The predicted molar refractivity (Wildman–Crippen MR) is 78.1 cm³/mol. The summed E-state index contributed by atoms with van der Waals surface area (Å²) in [5.74, 6) is 0. The molecule has 0 saturated carbocycles. The SMILES string of the molecule is CSc1ncc(N/N=C\c2ccccc2[N+](=O)[O-])cn1. The summed E-state index contributed by atoms with van der Waals surface area (Å²) >= 11 is 1.44. The summed E-state index contributed by atoms with van der Waals surface area (Å²) < 4.78 is 0. The molecule has 0 aliphatic carbocycles. The number of hydrogen-bond acceptors (Lipinski definition) is 7. The molecule has 0 spiro atoms. The third-order valence-corrected chi connectivity index (χ3v) is 2.92. The maximum atomic E-state index is 10.8. The Hall–Kier alpha value is -2.48. The molecule has 0 aliphatic heterocycles. The fourth-order valence-electron chi connectivity index (χ4n) is 1.42. The minimum atomic E-state index is -0.447. The van der Waals surface area contributed by atoms with Crippen LogP contribution in [0.2, 0.25) is 0 Å². The van der Waals surface area contributed by atoms with Crippen LogP contribution in [0.1, 0.15) is 5.56 Å². The maximum absolute atomic E-state index is 10.8. The van der Waals surface area contributed by atoms with Crippen molar-refractivity contribution < 1.29 is 4.92 Å². The topological polar surface area (TPSA) is 93.3 Å². The highest BCUT2D eigenvalue weighted by Gasteiger charge is 2.09. The quantitative estimate of drug-likeness (QED) is 0.299. The molecule has 0 unspecified atom stereocenters. The van der Waals surface area contributed by atoms with Gasteiger partial charge < -0.3 is 0 Å². The molecule has 0 atom stereocenters. The molecule has 0 radical (unpaired) electrons. The molecule has 0 aliphatic rings. The van der Waals surface area contributed by atoms with Crippen LogP contribution in [0.5, 0.6) is 0 Å². The van der Waals surface area contributed by atoms with Crippen LogP contribution in [0.3, 0.4) is 0 Å². The van der Waals surface area contributed by atoms with E-state index in [2.05, 4.69) is 20.5 Å². The summed E-state index contributed by atoms with van der Waals surface area (Å²) in [7, 11) is 0. The van der Waals surface area contributed by atoms with Crippen molar-refractivity contribution in [2.24, 2.45) is 5.10 Å². The highest BCUT2D eigenvalue weighted by molar-refractivity contribution is 7.98. The molecule has 7 nitrogen and oxygen atoms in total. The number of anilines is 1. The molecular formula is C12H11N5O2S. The third-order valence-electron chi connectivity index (χ3n) is 2.34. The average Bonchev–Trinajstić information content (AvgIpc) is 2.48. The van der Waals surface area contributed by atoms with E-state index < -0.39 is 4.92 Å². The van der Waals surface area contributed by atoms with E-state index in [4.69, 9.17) is 0 Å². The van der Waals surface area contributed by atoms with Crippen molar-refractivity contribution in [2.75, 3.05) is 11.7 Å². The van der Waals surface area contributed by atoms with E-state index >= 15 is 0 Å². The third kappa shape index (κ3) is 3.51. The predicted octanol–water partition coefficient (Wildman–Crippen LogP) is 2.55. The van der Waals surface area contributed by atoms with Gasteiger partial charge in [0.05, 0.1) is 34.8 Å². The van der Waals surface area contributed by atoms with Crippen molar-refractivity contribution in [3.63, 3.8) is 0 Å². The molecule has 1 aromatic heterocycles. The largest absolute Gasteiger partial charge is 0.278 e. The molecule has 0 saturated heterocycles. The van der Waals surface area contributed by atoms with Crippen LogP contribution >= 0.6 is 11.8 Å². The summed E-state index contributed by atoms with van der Waals surface area (Å²) in [5.41, 5.74) is 3.76. The molecule has 1 aromatic carbocycles. The number of aromatic nitrogens is 2. The number of nitrogens with zero attached hydrogens (tertiary/aromatic N) is 4. The zero-order valence-corrected chi connectivity index (χ0v) is 11.4. The molecule has 2 aromatic rings. The van der Waals surface area contributed by atoms with Gasteiger partial charge in [0.1, 0.15) is 0 Å². The highest BCUT2D eigenvalue weighted by Crippen LogP contribution is 2.15. The molecule has 0 bridgehead atoms. The second-order valence-corrected chi connectivity index (χ2v) is 4.42. The first-order chi connectivity index (χ1) is 9.70. The smallest absolute Gasteiger partial charge is 0.275 e. The first-order valence-corrected chi connectivity index (χ1v) is 6.81. The van der Waals surface area contributed by atoms with Crippen molar-refractivity contribution in [2.45, 2.75) is 5.16 Å². The number of nitro groups is 1. The lowest BCUT2D eigenvalue weighted by molar-refractivity contribution is -0.385. The molecule has 2 rings (SSSR count). The van der Waals surface area contributed by atoms with Crippen LogP contribution in [0.15, 0.2) is 46.9 Å². The van der Waals surface area contributed by atoms with Gasteiger partial charge in [-0.1, -0.05) is 23.9 Å². The van der Waals surface area contributed by atoms with Crippen LogP contribution in [-0.2, 0) is 0 Å². The van der Waals surface area contributed by atoms with Crippen molar-refractivity contribution in [3.8, 4) is 0 Å². The van der Waals surface area contributed by atoms with Gasteiger partial charge in [-0.15, -0.1) is 0 Å². The number of rotatable bonds is 5. The minimum absolute atomic E-state index is 0.00651. The fourth-order valence-corrected chi connectivity index (χ4v) is 1.73. The Morgan fingerprint density at radius 1 is 1.35 bits per heavy atom. The van der Waals surface area contributed by atoms with Crippen molar-refractivity contribution in [1.29, 1.82) is 0 Å². The van der Waals surface area contributed by atoms with E-state index in [9.17, 15) is 10.1 Å². The molecule has 1 heterocycles. The minimum Gasteiger partial charge on any atom is -0.275 e. The number of nitro benzene ring substituents is 1. The summed E-state index contributed by atoms with van der Waals surface area (Å²) in [4.78, 5) is 18.5. The standard InChI is InChI=1S/C12H11N5O2S/c1-20-12-13-7-10(8-14-12)16-15-6-9-4-2-3-5-11(9)17(18)19/h2-8,16H,1H3/b15-6-. The number of benzene rings is 1. The second kappa shape index (κ2) is 6.62. The van der Waals surface area contributed by atoms with Crippen LogP contribution in [-0.4, -0.2) is 27.4 Å². The van der Waals surface area contributed by atoms with Gasteiger partial charge in [0, 0.05) is 6.07 Å². The van der Waals surface area contributed by atoms with Gasteiger partial charge in [0.15, 0.2) is 5.16 Å². The Morgan fingerprint density at radius 2 is 2.05 bits per heavy atom. The van der Waals surface area contributed by atoms with E-state index in [1.807, 2.05) is 6.26 Å². The molecule has 0 fully saturated rings. The lowest BCUT2D eigenvalue weighted by Crippen LogP contribution is -1.97. The monoisotopic (exact) mass is 289 g/mol. The number of nitrogens with one attached hydrogen (secondary N) is 1. The number of para-hydroxylation sites is 1. The van der Waals surface area contributed by atoms with E-state index in [1.54, 1.807) is 30.6 Å². The van der Waals surface area contributed by atoms with Gasteiger partial charge in [-0.2, -0.15) is 5.10 Å². The fraction of sp³-hybridized carbons (Fsp3) is 0.0833. The van der Waals surface area contributed by atoms with E-state index in [1.165, 1.54) is 24.0 Å². The van der Waals surface area contributed by atoms with Crippen LogP contribution in [0.4, 0.5) is 11.4 Å². The lowest BCUT2D eigenvalue weighted by Gasteiger charge is -2.00. The van der Waals surface area contributed by atoms with Gasteiger partial charge in [0.2, 0.25) is 0 Å². The number of hydrazone groups is 1. The summed E-state index contributed by atoms with van der Waals surface area (Å²) in [6, 6.07) is 6.37. The normalized spacial score (nSPS) is 10.7. The summed E-state index contributed by atoms with van der Waals surface area (Å²) in [6.07, 6.45) is 6.46. The van der Waals surface area contributed by atoms with Gasteiger partial charge in [0.25, 0.3) is 5.69 Å². The molecular weight excluding hydrogens is 278 g/mol. The van der Waals surface area contributed by atoms with Gasteiger partial charge in [-0.3, -0.25) is 15.5 Å². The molecule has 20 heavy (non-hydrogen) atoms. The maximum Gasteiger partial charge on any atom is 0.278 e. The summed E-state index contributed by atoms with van der Waals surface area (Å²) in [6.45, 7) is 0. The zero-order chi connectivity index (χ0) is 14.4. The van der Waals surface area contributed by atoms with Crippen molar-refractivity contribution in [1.82, 2.24) is 9.97 Å². The Labute approximate surface area is 119 Å². The Kier molecular flexibility index (Phi) is 4.61. The average molecular weight is 289 g/mol. The molecule has 8 heteroatoms. The Balaban J connectivity index is 2.08. The second-order valence-electron chi connectivity index (χ2n) is 3.64. The van der Waals surface area contributed by atoms with E-state index in [0.29, 0.717) is 16.4 Å². The molecule has 102 valence electrons. The van der Waals surface area contributed by atoms with E-state index in [-0.39, 0.29) is 5.69 Å². The van der Waals surface area contributed by atoms with Crippen LogP contribution in [0.25, 0.3) is 0 Å². The lowest BCUT2D eigenvalue weighted by atomic mass is 10.2. The van der Waals surface area contributed by atoms with Crippen molar-refractivity contribution >= 4 is 29.4 Å². The first-order valence-electron chi connectivity index (χ1n) is 5.59. The highest BCUT2D eigenvalue weighted by atomic mass is 32.2. The number of thioether (sulfide) groups is 1. The first kappa shape index (κ1) is 13.9. The van der Waals surface area contributed by atoms with Crippen LogP contribution < -0.4 is 5.43 Å². The Bertz CT molecular complexity index is 630. The molecule has 1 N–H and O–H groups in total. The zero-order valence-electron chi connectivity index (χ0n) is 10.6. The molecule has 0 amide bonds. The van der Waals surface area contributed by atoms with Crippen molar-refractivity contribution in [3.05, 3.63) is 52.3 Å². The van der Waals surface area contributed by atoms with E-state index in [0.717, 1.165) is 0 Å². The van der Waals surface area contributed by atoms with Gasteiger partial charge in [-0.05, 0) is 12.3 Å².